The lowest BCUT2D eigenvalue weighted by Crippen LogP contribution is -2.34. The second-order valence-corrected chi connectivity index (χ2v) is 6.17. The van der Waals surface area contributed by atoms with Gasteiger partial charge in [-0.05, 0) is 70.5 Å². The van der Waals surface area contributed by atoms with E-state index in [-0.39, 0.29) is 36.2 Å². The Morgan fingerprint density at radius 1 is 1.22 bits per heavy atom. The minimum absolute atomic E-state index is 0. The van der Waals surface area contributed by atoms with Gasteiger partial charge >= 0.3 is 0 Å². The van der Waals surface area contributed by atoms with Crippen molar-refractivity contribution in [3.8, 4) is 0 Å². The van der Waals surface area contributed by atoms with Crippen LogP contribution in [0.3, 0.4) is 0 Å². The van der Waals surface area contributed by atoms with Crippen molar-refractivity contribution in [3.05, 3.63) is 29.3 Å². The fourth-order valence-corrected chi connectivity index (χ4v) is 2.61. The highest BCUT2D eigenvalue weighted by Crippen LogP contribution is 2.20. The molecule has 1 saturated heterocycles. The Morgan fingerprint density at radius 3 is 2.43 bits per heavy atom. The molecule has 0 radical (unpaired) electrons. The molecular formula is C17H26ClN3O2. The Morgan fingerprint density at radius 2 is 1.87 bits per heavy atom. The smallest absolute Gasteiger partial charge is 0.251 e. The molecule has 2 amide bonds. The predicted octanol–water partition coefficient (Wildman–Crippen LogP) is 2.49. The third kappa shape index (κ3) is 5.52. The molecule has 0 aromatic heterocycles. The second kappa shape index (κ2) is 8.89. The van der Waals surface area contributed by atoms with Crippen LogP contribution >= 0.6 is 12.4 Å². The molecule has 1 aromatic rings. The van der Waals surface area contributed by atoms with Gasteiger partial charge in [0.1, 0.15) is 0 Å². The van der Waals surface area contributed by atoms with E-state index in [1.54, 1.807) is 6.07 Å². The molecule has 0 spiro atoms. The van der Waals surface area contributed by atoms with Crippen LogP contribution in [0.15, 0.2) is 18.2 Å². The van der Waals surface area contributed by atoms with Gasteiger partial charge in [-0.25, -0.2) is 0 Å². The van der Waals surface area contributed by atoms with Crippen LogP contribution in [-0.2, 0) is 4.79 Å². The number of halogens is 1. The van der Waals surface area contributed by atoms with Gasteiger partial charge in [-0.1, -0.05) is 0 Å². The number of carbonyl (C=O) groups is 2. The number of rotatable bonds is 4. The lowest BCUT2D eigenvalue weighted by atomic mass is 9.97. The summed E-state index contributed by atoms with van der Waals surface area (Å²) in [6.45, 7) is 7.55. The number of carbonyl (C=O) groups excluding carboxylic acids is 2. The van der Waals surface area contributed by atoms with Crippen LogP contribution in [0.1, 0.15) is 42.6 Å². The number of hydrogen-bond donors (Lipinski definition) is 3. The molecule has 3 N–H and O–H groups in total. The van der Waals surface area contributed by atoms with E-state index in [0.717, 1.165) is 37.2 Å². The van der Waals surface area contributed by atoms with E-state index in [2.05, 4.69) is 16.0 Å². The van der Waals surface area contributed by atoms with E-state index in [1.807, 2.05) is 32.9 Å². The molecule has 1 heterocycles. The van der Waals surface area contributed by atoms with E-state index in [1.165, 1.54) is 0 Å². The van der Waals surface area contributed by atoms with Crippen molar-refractivity contribution in [3.63, 3.8) is 0 Å². The van der Waals surface area contributed by atoms with Crippen LogP contribution in [0, 0.1) is 12.8 Å². The zero-order valence-corrected chi connectivity index (χ0v) is 14.8. The first kappa shape index (κ1) is 19.5. The minimum Gasteiger partial charge on any atom is -0.350 e. The third-order valence-corrected chi connectivity index (χ3v) is 3.88. The molecule has 1 aliphatic heterocycles. The Balaban J connectivity index is 0.00000264. The van der Waals surface area contributed by atoms with Crippen LogP contribution in [0.5, 0.6) is 0 Å². The van der Waals surface area contributed by atoms with Crippen LogP contribution in [0.2, 0.25) is 0 Å². The molecule has 128 valence electrons. The summed E-state index contributed by atoms with van der Waals surface area (Å²) in [5.74, 6) is 0.0582. The topological polar surface area (TPSA) is 70.2 Å². The summed E-state index contributed by atoms with van der Waals surface area (Å²) in [6, 6.07) is 5.48. The molecule has 0 aliphatic carbocycles. The highest BCUT2D eigenvalue weighted by atomic mass is 35.5. The van der Waals surface area contributed by atoms with E-state index < -0.39 is 0 Å². The summed E-state index contributed by atoms with van der Waals surface area (Å²) in [5, 5.41) is 9.11. The molecule has 0 bridgehead atoms. The summed E-state index contributed by atoms with van der Waals surface area (Å²) >= 11 is 0. The minimum atomic E-state index is -0.0886. The molecule has 0 atom stereocenters. The van der Waals surface area contributed by atoms with Gasteiger partial charge in [0.15, 0.2) is 0 Å². The van der Waals surface area contributed by atoms with Crippen molar-refractivity contribution in [1.29, 1.82) is 0 Å². The van der Waals surface area contributed by atoms with Gasteiger partial charge in [-0.15, -0.1) is 12.4 Å². The summed E-state index contributed by atoms with van der Waals surface area (Å²) in [4.78, 5) is 24.2. The number of anilines is 1. The standard InChI is InChI=1S/C17H25N3O2.ClH/c1-11(2)19-17(22)14-4-5-15(12(3)10-14)20-16(21)13-6-8-18-9-7-13;/h4-5,10-11,13,18H,6-9H2,1-3H3,(H,19,22)(H,20,21);1H. The lowest BCUT2D eigenvalue weighted by molar-refractivity contribution is -0.120. The fraction of sp³-hybridized carbons (Fsp3) is 0.529. The number of piperidine rings is 1. The molecule has 2 rings (SSSR count). The second-order valence-electron chi connectivity index (χ2n) is 6.17. The molecule has 5 nitrogen and oxygen atoms in total. The molecule has 1 aliphatic rings. The van der Waals surface area contributed by atoms with Crippen molar-refractivity contribution in [1.82, 2.24) is 10.6 Å². The molecule has 23 heavy (non-hydrogen) atoms. The molecular weight excluding hydrogens is 314 g/mol. The summed E-state index contributed by atoms with van der Waals surface area (Å²) in [6.07, 6.45) is 1.75. The Hall–Kier alpha value is -1.59. The fourth-order valence-electron chi connectivity index (χ4n) is 2.61. The maximum absolute atomic E-state index is 12.3. The Bertz CT molecular complexity index is 555. The molecule has 0 saturated carbocycles. The summed E-state index contributed by atoms with van der Waals surface area (Å²) in [7, 11) is 0. The van der Waals surface area contributed by atoms with Crippen molar-refractivity contribution < 1.29 is 9.59 Å². The molecule has 1 aromatic carbocycles. The third-order valence-electron chi connectivity index (χ3n) is 3.88. The molecule has 6 heteroatoms. The van der Waals surface area contributed by atoms with Crippen LogP contribution in [0.4, 0.5) is 5.69 Å². The highest BCUT2D eigenvalue weighted by Gasteiger charge is 2.21. The van der Waals surface area contributed by atoms with Gasteiger partial charge in [0.05, 0.1) is 0 Å². The average molecular weight is 340 g/mol. The van der Waals surface area contributed by atoms with E-state index in [9.17, 15) is 9.59 Å². The predicted molar refractivity (Wildman–Crippen MR) is 95.3 cm³/mol. The first-order valence-electron chi connectivity index (χ1n) is 7.90. The van der Waals surface area contributed by atoms with Crippen molar-refractivity contribution in [2.75, 3.05) is 18.4 Å². The number of aryl methyl sites for hydroxylation is 1. The van der Waals surface area contributed by atoms with Gasteiger partial charge in [-0.3, -0.25) is 9.59 Å². The molecule has 1 fully saturated rings. The summed E-state index contributed by atoms with van der Waals surface area (Å²) < 4.78 is 0. The monoisotopic (exact) mass is 339 g/mol. The van der Waals surface area contributed by atoms with E-state index in [4.69, 9.17) is 0 Å². The first-order valence-corrected chi connectivity index (χ1v) is 7.90. The van der Waals surface area contributed by atoms with Gasteiger partial charge in [-0.2, -0.15) is 0 Å². The van der Waals surface area contributed by atoms with Crippen LogP contribution in [0.25, 0.3) is 0 Å². The zero-order chi connectivity index (χ0) is 16.1. The number of benzene rings is 1. The maximum Gasteiger partial charge on any atom is 0.251 e. The summed E-state index contributed by atoms with van der Waals surface area (Å²) in [5.41, 5.74) is 2.30. The average Bonchev–Trinajstić information content (AvgIpc) is 2.49. The first-order chi connectivity index (χ1) is 10.5. The van der Waals surface area contributed by atoms with Gasteiger partial charge in [0.25, 0.3) is 5.91 Å². The number of nitrogens with one attached hydrogen (secondary N) is 3. The maximum atomic E-state index is 12.3. The van der Waals surface area contributed by atoms with Gasteiger partial charge in [0.2, 0.25) is 5.91 Å². The highest BCUT2D eigenvalue weighted by molar-refractivity contribution is 5.97. The quantitative estimate of drug-likeness (QED) is 0.789. The largest absolute Gasteiger partial charge is 0.350 e. The lowest BCUT2D eigenvalue weighted by Gasteiger charge is -2.22. The number of hydrogen-bond acceptors (Lipinski definition) is 3. The van der Waals surface area contributed by atoms with Crippen molar-refractivity contribution >= 4 is 29.9 Å². The van der Waals surface area contributed by atoms with Crippen molar-refractivity contribution in [2.24, 2.45) is 5.92 Å². The zero-order valence-electron chi connectivity index (χ0n) is 13.9. The van der Waals surface area contributed by atoms with Gasteiger partial charge in [0, 0.05) is 23.2 Å². The normalized spacial score (nSPS) is 15.0. The van der Waals surface area contributed by atoms with E-state index in [0.29, 0.717) is 5.56 Å². The van der Waals surface area contributed by atoms with Crippen molar-refractivity contribution in [2.45, 2.75) is 39.7 Å². The van der Waals surface area contributed by atoms with E-state index >= 15 is 0 Å². The number of amides is 2. The SMILES string of the molecule is Cc1cc(C(=O)NC(C)C)ccc1NC(=O)C1CCNCC1.Cl. The van der Waals surface area contributed by atoms with Crippen LogP contribution < -0.4 is 16.0 Å². The molecule has 0 unspecified atom stereocenters. The Kier molecular flexibility index (Phi) is 7.52. The van der Waals surface area contributed by atoms with Crippen LogP contribution in [-0.4, -0.2) is 30.9 Å². The Labute approximate surface area is 144 Å². The van der Waals surface area contributed by atoms with Gasteiger partial charge < -0.3 is 16.0 Å².